The average molecular weight is 242 g/mol. The van der Waals surface area contributed by atoms with Crippen molar-refractivity contribution in [3.05, 3.63) is 34.6 Å². The molecule has 0 saturated carbocycles. The summed E-state index contributed by atoms with van der Waals surface area (Å²) < 4.78 is 2.09. The molecule has 2 heterocycles. The fourth-order valence-electron chi connectivity index (χ4n) is 1.48. The average Bonchev–Trinajstić information content (AvgIpc) is 2.70. The molecule has 80 valence electrons. The van der Waals surface area contributed by atoms with Gasteiger partial charge in [-0.2, -0.15) is 0 Å². The number of nitrogens with zero attached hydrogens (tertiary/aromatic N) is 2. The zero-order valence-electron chi connectivity index (χ0n) is 8.46. The quantitative estimate of drug-likeness (QED) is 0.659. The normalized spacial score (nSPS) is 11.1. The maximum Gasteiger partial charge on any atom is 0.195 e. The van der Waals surface area contributed by atoms with Gasteiger partial charge in [0, 0.05) is 24.2 Å². The number of hydrogen-bond acceptors (Lipinski definition) is 3. The van der Waals surface area contributed by atoms with Crippen LogP contribution in [0.2, 0.25) is 5.15 Å². The molecule has 0 fully saturated rings. The molecule has 0 aromatic carbocycles. The fourth-order valence-corrected chi connectivity index (χ4v) is 2.65. The molecular weight excluding hydrogens is 230 g/mol. The van der Waals surface area contributed by atoms with Gasteiger partial charge >= 0.3 is 0 Å². The number of aryl methyl sites for hydroxylation is 1. The van der Waals surface area contributed by atoms with E-state index in [4.69, 9.17) is 11.6 Å². The highest BCUT2D eigenvalue weighted by atomic mass is 35.5. The third-order valence-electron chi connectivity index (χ3n) is 2.16. The highest BCUT2D eigenvalue weighted by Gasteiger charge is 2.12. The summed E-state index contributed by atoms with van der Waals surface area (Å²) in [6, 6.07) is 0. The van der Waals surface area contributed by atoms with Crippen molar-refractivity contribution < 1.29 is 0 Å². The van der Waals surface area contributed by atoms with Crippen LogP contribution in [0, 0.1) is 6.92 Å². The van der Waals surface area contributed by atoms with Crippen molar-refractivity contribution in [2.24, 2.45) is 0 Å². The van der Waals surface area contributed by atoms with Crippen LogP contribution in [-0.2, 0) is 6.54 Å². The molecule has 2 aromatic rings. The lowest BCUT2D eigenvalue weighted by molar-refractivity contribution is 0.732. The summed E-state index contributed by atoms with van der Waals surface area (Å²) in [5, 5.41) is 5.89. The van der Waals surface area contributed by atoms with E-state index in [1.165, 1.54) is 5.69 Å². The summed E-state index contributed by atoms with van der Waals surface area (Å²) in [6.45, 7) is 7.19. The molecule has 0 spiro atoms. The summed E-state index contributed by atoms with van der Waals surface area (Å²) in [5.41, 5.74) is 2.19. The number of fused-ring (bicyclic) bond motifs is 1. The standard InChI is InChI=1S/C10H12ClN3S/c1-3-4-12-5-8-9(11)13-10-14(8)7(2)6-15-10/h3,6,12H,1,4-5H2,2H3. The van der Waals surface area contributed by atoms with Crippen LogP contribution in [0.1, 0.15) is 11.4 Å². The Labute approximate surface area is 97.4 Å². The number of nitrogens with one attached hydrogen (secondary N) is 1. The first-order chi connectivity index (χ1) is 7.24. The third kappa shape index (κ3) is 1.93. The van der Waals surface area contributed by atoms with Gasteiger partial charge in [-0.1, -0.05) is 17.7 Å². The van der Waals surface area contributed by atoms with Crippen LogP contribution in [0.4, 0.5) is 0 Å². The zero-order valence-corrected chi connectivity index (χ0v) is 10.0. The number of rotatable bonds is 4. The first-order valence-corrected chi connectivity index (χ1v) is 5.92. The lowest BCUT2D eigenvalue weighted by Crippen LogP contribution is -2.14. The van der Waals surface area contributed by atoms with Crippen molar-refractivity contribution in [2.45, 2.75) is 13.5 Å². The largest absolute Gasteiger partial charge is 0.308 e. The lowest BCUT2D eigenvalue weighted by Gasteiger charge is -2.02. The van der Waals surface area contributed by atoms with Crippen LogP contribution < -0.4 is 5.32 Å². The van der Waals surface area contributed by atoms with E-state index < -0.39 is 0 Å². The molecule has 0 unspecified atom stereocenters. The van der Waals surface area contributed by atoms with Crippen molar-refractivity contribution >= 4 is 27.9 Å². The molecule has 1 N–H and O–H groups in total. The molecule has 0 saturated heterocycles. The molecule has 0 radical (unpaired) electrons. The van der Waals surface area contributed by atoms with Gasteiger partial charge in [-0.3, -0.25) is 4.40 Å². The highest BCUT2D eigenvalue weighted by Crippen LogP contribution is 2.23. The Morgan fingerprint density at radius 2 is 2.53 bits per heavy atom. The van der Waals surface area contributed by atoms with Crippen LogP contribution >= 0.6 is 22.9 Å². The Kier molecular flexibility index (Phi) is 3.09. The van der Waals surface area contributed by atoms with Gasteiger partial charge in [0.1, 0.15) is 0 Å². The molecule has 0 atom stereocenters. The van der Waals surface area contributed by atoms with Crippen LogP contribution in [0.15, 0.2) is 18.0 Å². The number of hydrogen-bond donors (Lipinski definition) is 1. The molecule has 0 amide bonds. The van der Waals surface area contributed by atoms with Crippen molar-refractivity contribution in [1.29, 1.82) is 0 Å². The number of halogens is 1. The number of imidazole rings is 1. The predicted molar refractivity (Wildman–Crippen MR) is 64.7 cm³/mol. The predicted octanol–water partition coefficient (Wildman–Crippen LogP) is 2.63. The van der Waals surface area contributed by atoms with Crippen LogP contribution in [0.3, 0.4) is 0 Å². The van der Waals surface area contributed by atoms with E-state index in [-0.39, 0.29) is 0 Å². The molecule has 5 heteroatoms. The number of thiazole rings is 1. The molecule has 0 aliphatic heterocycles. The van der Waals surface area contributed by atoms with Gasteiger partial charge in [-0.05, 0) is 6.92 Å². The van der Waals surface area contributed by atoms with Gasteiger partial charge in [0.25, 0.3) is 0 Å². The van der Waals surface area contributed by atoms with E-state index in [1.807, 2.05) is 6.08 Å². The Morgan fingerprint density at radius 3 is 3.27 bits per heavy atom. The van der Waals surface area contributed by atoms with E-state index in [0.717, 1.165) is 17.2 Å². The van der Waals surface area contributed by atoms with Crippen molar-refractivity contribution in [3.8, 4) is 0 Å². The molecule has 3 nitrogen and oxygen atoms in total. The van der Waals surface area contributed by atoms with E-state index >= 15 is 0 Å². The Morgan fingerprint density at radius 1 is 1.73 bits per heavy atom. The van der Waals surface area contributed by atoms with Crippen LogP contribution in [0.5, 0.6) is 0 Å². The van der Waals surface area contributed by atoms with Gasteiger partial charge in [0.05, 0.1) is 5.69 Å². The topological polar surface area (TPSA) is 29.3 Å². The van der Waals surface area contributed by atoms with Crippen molar-refractivity contribution in [1.82, 2.24) is 14.7 Å². The van der Waals surface area contributed by atoms with Crippen molar-refractivity contribution in [3.63, 3.8) is 0 Å². The van der Waals surface area contributed by atoms with Gasteiger partial charge in [0.15, 0.2) is 10.1 Å². The minimum atomic E-state index is 0.585. The van der Waals surface area contributed by atoms with Gasteiger partial charge in [0.2, 0.25) is 0 Å². The van der Waals surface area contributed by atoms with Crippen LogP contribution in [-0.4, -0.2) is 15.9 Å². The summed E-state index contributed by atoms with van der Waals surface area (Å²) in [6.07, 6.45) is 1.83. The van der Waals surface area contributed by atoms with Gasteiger partial charge < -0.3 is 5.32 Å². The number of aromatic nitrogens is 2. The SMILES string of the molecule is C=CCNCc1c(Cl)nc2scc(C)n12. The van der Waals surface area contributed by atoms with E-state index in [9.17, 15) is 0 Å². The Hall–Kier alpha value is -0.840. The minimum absolute atomic E-state index is 0.585. The smallest absolute Gasteiger partial charge is 0.195 e. The van der Waals surface area contributed by atoms with Gasteiger partial charge in [-0.15, -0.1) is 17.9 Å². The molecule has 0 aliphatic carbocycles. The zero-order chi connectivity index (χ0) is 10.8. The molecular formula is C10H12ClN3S. The monoisotopic (exact) mass is 241 g/mol. The first-order valence-electron chi connectivity index (χ1n) is 4.66. The summed E-state index contributed by atoms with van der Waals surface area (Å²) in [7, 11) is 0. The highest BCUT2D eigenvalue weighted by molar-refractivity contribution is 7.15. The fraction of sp³-hybridized carbons (Fsp3) is 0.300. The second-order valence-electron chi connectivity index (χ2n) is 3.26. The van der Waals surface area contributed by atoms with Crippen molar-refractivity contribution in [2.75, 3.05) is 6.54 Å². The second kappa shape index (κ2) is 4.35. The lowest BCUT2D eigenvalue weighted by atomic mass is 10.4. The molecule has 0 bridgehead atoms. The summed E-state index contributed by atoms with van der Waals surface area (Å²) in [4.78, 5) is 5.25. The summed E-state index contributed by atoms with van der Waals surface area (Å²) in [5.74, 6) is 0. The van der Waals surface area contributed by atoms with E-state index in [0.29, 0.717) is 11.7 Å². The van der Waals surface area contributed by atoms with Crippen LogP contribution in [0.25, 0.3) is 4.96 Å². The van der Waals surface area contributed by atoms with E-state index in [2.05, 4.69) is 33.6 Å². The first kappa shape index (κ1) is 10.7. The van der Waals surface area contributed by atoms with E-state index in [1.54, 1.807) is 11.3 Å². The maximum absolute atomic E-state index is 6.07. The van der Waals surface area contributed by atoms with Gasteiger partial charge in [-0.25, -0.2) is 4.98 Å². The molecule has 2 aromatic heterocycles. The molecule has 15 heavy (non-hydrogen) atoms. The molecule has 2 rings (SSSR count). The maximum atomic E-state index is 6.07. The third-order valence-corrected chi connectivity index (χ3v) is 3.41. The Balaban J connectivity index is 2.34. The minimum Gasteiger partial charge on any atom is -0.308 e. The second-order valence-corrected chi connectivity index (χ2v) is 4.46. The Bertz CT molecular complexity index is 486. The molecule has 0 aliphatic rings. The summed E-state index contributed by atoms with van der Waals surface area (Å²) >= 11 is 7.68.